The first-order valence-electron chi connectivity index (χ1n) is 11.4. The lowest BCUT2D eigenvalue weighted by molar-refractivity contribution is 0.0363. The van der Waals surface area contributed by atoms with Crippen LogP contribution in [0.15, 0.2) is 47.1 Å². The SMILES string of the molecule is NCC(NC(=O)c1ccc(-c2nc(C3CCC(O)C(F)C3)cnc2N)cc1F)c1cc(F)cc(Br)c1. The van der Waals surface area contributed by atoms with Crippen molar-refractivity contribution in [2.45, 2.75) is 43.5 Å². The van der Waals surface area contributed by atoms with E-state index < -0.39 is 35.9 Å². The summed E-state index contributed by atoms with van der Waals surface area (Å²) >= 11 is 3.20. The molecule has 1 aliphatic carbocycles. The number of nitrogens with one attached hydrogen (secondary N) is 1. The average Bonchev–Trinajstić information content (AvgIpc) is 2.83. The molecule has 1 heterocycles. The van der Waals surface area contributed by atoms with Gasteiger partial charge < -0.3 is 21.9 Å². The van der Waals surface area contributed by atoms with Gasteiger partial charge in [-0.15, -0.1) is 0 Å². The monoisotopic (exact) mass is 563 g/mol. The van der Waals surface area contributed by atoms with Gasteiger partial charge in [-0.1, -0.05) is 22.0 Å². The zero-order valence-corrected chi connectivity index (χ0v) is 20.7. The molecule has 0 bridgehead atoms. The number of nitrogens with two attached hydrogens (primary N) is 2. The van der Waals surface area contributed by atoms with Gasteiger partial charge in [-0.05, 0) is 55.2 Å². The minimum atomic E-state index is -1.35. The van der Waals surface area contributed by atoms with Gasteiger partial charge in [0.2, 0.25) is 0 Å². The van der Waals surface area contributed by atoms with Gasteiger partial charge in [0, 0.05) is 22.5 Å². The van der Waals surface area contributed by atoms with Crippen molar-refractivity contribution in [3.05, 3.63) is 75.5 Å². The van der Waals surface area contributed by atoms with E-state index >= 15 is 4.39 Å². The number of nitrogen functional groups attached to an aromatic ring is 1. The lowest BCUT2D eigenvalue weighted by Crippen LogP contribution is -2.34. The molecule has 7 nitrogen and oxygen atoms in total. The van der Waals surface area contributed by atoms with Crippen LogP contribution in [0.2, 0.25) is 0 Å². The van der Waals surface area contributed by atoms with E-state index in [1.807, 2.05) is 0 Å². The van der Waals surface area contributed by atoms with E-state index in [1.54, 1.807) is 6.07 Å². The van der Waals surface area contributed by atoms with Crippen molar-refractivity contribution < 1.29 is 23.1 Å². The van der Waals surface area contributed by atoms with Gasteiger partial charge in [0.15, 0.2) is 0 Å². The number of alkyl halides is 1. The molecule has 6 N–H and O–H groups in total. The summed E-state index contributed by atoms with van der Waals surface area (Å²) in [4.78, 5) is 21.4. The standard InChI is InChI=1S/C25H25BrF3N5O2/c26-15-5-14(6-16(27)9-15)20(10-30)34-25(36)17-3-1-13(8-18(17)28)23-24(31)32-11-21(33-23)12-2-4-22(35)19(29)7-12/h1,3,5-6,8-9,11-12,19-20,22,35H,2,4,7,10,30H2,(H2,31,32)(H,34,36). The first-order chi connectivity index (χ1) is 17.2. The van der Waals surface area contributed by atoms with E-state index in [0.29, 0.717) is 34.1 Å². The van der Waals surface area contributed by atoms with Crippen LogP contribution in [0.3, 0.4) is 0 Å². The fourth-order valence-corrected chi connectivity index (χ4v) is 4.81. The van der Waals surface area contributed by atoms with Gasteiger partial charge in [0.1, 0.15) is 29.3 Å². The number of hydrogen-bond donors (Lipinski definition) is 4. The van der Waals surface area contributed by atoms with Crippen molar-refractivity contribution >= 4 is 27.7 Å². The second kappa shape index (κ2) is 10.9. The molecule has 11 heteroatoms. The second-order valence-corrected chi connectivity index (χ2v) is 9.70. The summed E-state index contributed by atoms with van der Waals surface area (Å²) in [5.74, 6) is -2.24. The zero-order valence-electron chi connectivity index (χ0n) is 19.1. The van der Waals surface area contributed by atoms with Crippen LogP contribution in [0.5, 0.6) is 0 Å². The van der Waals surface area contributed by atoms with Crippen molar-refractivity contribution in [1.29, 1.82) is 0 Å². The summed E-state index contributed by atoms with van der Waals surface area (Å²) in [7, 11) is 0. The molecule has 0 saturated heterocycles. The quantitative estimate of drug-likeness (QED) is 0.356. The minimum Gasteiger partial charge on any atom is -0.390 e. The molecule has 1 amide bonds. The molecule has 190 valence electrons. The molecule has 4 unspecified atom stereocenters. The maximum Gasteiger partial charge on any atom is 0.254 e. The molecule has 1 saturated carbocycles. The second-order valence-electron chi connectivity index (χ2n) is 8.78. The number of amides is 1. The third-order valence-corrected chi connectivity index (χ3v) is 6.75. The molecule has 0 aliphatic heterocycles. The van der Waals surface area contributed by atoms with E-state index in [1.165, 1.54) is 30.5 Å². The highest BCUT2D eigenvalue weighted by molar-refractivity contribution is 9.10. The number of halogens is 4. The molecular formula is C25H25BrF3N5O2. The Hall–Kier alpha value is -3.02. The van der Waals surface area contributed by atoms with Gasteiger partial charge in [-0.3, -0.25) is 4.79 Å². The molecule has 2 aromatic carbocycles. The molecule has 1 aliphatic rings. The maximum absolute atomic E-state index is 15.0. The van der Waals surface area contributed by atoms with Crippen LogP contribution < -0.4 is 16.8 Å². The Morgan fingerprint density at radius 2 is 2.00 bits per heavy atom. The number of carbonyl (C=O) groups is 1. The van der Waals surface area contributed by atoms with E-state index in [0.717, 1.165) is 6.07 Å². The molecular weight excluding hydrogens is 539 g/mol. The van der Waals surface area contributed by atoms with Gasteiger partial charge >= 0.3 is 0 Å². The minimum absolute atomic E-state index is 0.0296. The predicted octanol–water partition coefficient (Wildman–Crippen LogP) is 4.16. The Kier molecular flexibility index (Phi) is 7.91. The van der Waals surface area contributed by atoms with Crippen molar-refractivity contribution in [1.82, 2.24) is 15.3 Å². The van der Waals surface area contributed by atoms with E-state index in [-0.39, 0.29) is 36.0 Å². The third-order valence-electron chi connectivity index (χ3n) is 6.29. The first-order valence-corrected chi connectivity index (χ1v) is 12.2. The zero-order chi connectivity index (χ0) is 26.0. The van der Waals surface area contributed by atoms with Crippen molar-refractivity contribution in [2.75, 3.05) is 12.3 Å². The van der Waals surface area contributed by atoms with Crippen LogP contribution in [0.1, 0.15) is 52.8 Å². The fourth-order valence-electron chi connectivity index (χ4n) is 4.33. The van der Waals surface area contributed by atoms with Gasteiger partial charge in [-0.2, -0.15) is 0 Å². The summed E-state index contributed by atoms with van der Waals surface area (Å²) in [6.45, 7) is -0.0296. The molecule has 36 heavy (non-hydrogen) atoms. The van der Waals surface area contributed by atoms with E-state index in [9.17, 15) is 18.7 Å². The highest BCUT2D eigenvalue weighted by Gasteiger charge is 2.31. The number of rotatable bonds is 6. The number of carbonyl (C=O) groups excluding carboxylic acids is 1. The summed E-state index contributed by atoms with van der Waals surface area (Å²) in [6.07, 6.45) is 0.0733. The normalized spacial score (nSPS) is 20.7. The summed E-state index contributed by atoms with van der Waals surface area (Å²) in [5.41, 5.74) is 13.0. The molecule has 4 atom stereocenters. The largest absolute Gasteiger partial charge is 0.390 e. The van der Waals surface area contributed by atoms with Crippen LogP contribution in [0.4, 0.5) is 19.0 Å². The van der Waals surface area contributed by atoms with E-state index in [2.05, 4.69) is 31.2 Å². The number of aromatic nitrogens is 2. The van der Waals surface area contributed by atoms with Crippen molar-refractivity contribution in [3.63, 3.8) is 0 Å². The molecule has 0 radical (unpaired) electrons. The maximum atomic E-state index is 15.0. The molecule has 1 aromatic heterocycles. The Bertz CT molecular complexity index is 1260. The lowest BCUT2D eigenvalue weighted by Gasteiger charge is -2.28. The van der Waals surface area contributed by atoms with Gasteiger partial charge in [0.05, 0.1) is 29.6 Å². The number of benzene rings is 2. The van der Waals surface area contributed by atoms with Crippen LogP contribution in [0, 0.1) is 11.6 Å². The summed E-state index contributed by atoms with van der Waals surface area (Å²) in [6, 6.07) is 7.29. The lowest BCUT2D eigenvalue weighted by atomic mass is 9.84. The topological polar surface area (TPSA) is 127 Å². The fraction of sp³-hybridized carbons (Fsp3) is 0.320. The predicted molar refractivity (Wildman–Crippen MR) is 133 cm³/mol. The number of aliphatic hydroxyl groups excluding tert-OH is 1. The first kappa shape index (κ1) is 26.1. The average molecular weight is 564 g/mol. The van der Waals surface area contributed by atoms with Crippen LogP contribution in [-0.2, 0) is 0 Å². The molecule has 3 aromatic rings. The number of hydrogen-bond acceptors (Lipinski definition) is 6. The number of anilines is 1. The Labute approximate surface area is 214 Å². The highest BCUT2D eigenvalue weighted by atomic mass is 79.9. The molecule has 0 spiro atoms. The number of nitrogens with zero attached hydrogens (tertiary/aromatic N) is 2. The molecule has 1 fully saturated rings. The summed E-state index contributed by atoms with van der Waals surface area (Å²) < 4.78 is 43.3. The summed E-state index contributed by atoms with van der Waals surface area (Å²) in [5, 5.41) is 12.3. The van der Waals surface area contributed by atoms with E-state index in [4.69, 9.17) is 11.5 Å². The van der Waals surface area contributed by atoms with Crippen LogP contribution in [0.25, 0.3) is 11.3 Å². The van der Waals surface area contributed by atoms with Gasteiger partial charge in [0.25, 0.3) is 5.91 Å². The van der Waals surface area contributed by atoms with Crippen molar-refractivity contribution in [2.24, 2.45) is 5.73 Å². The van der Waals surface area contributed by atoms with Gasteiger partial charge in [-0.25, -0.2) is 23.1 Å². The Balaban J connectivity index is 1.56. The Morgan fingerprint density at radius 3 is 2.67 bits per heavy atom. The Morgan fingerprint density at radius 1 is 1.22 bits per heavy atom. The van der Waals surface area contributed by atoms with Crippen LogP contribution in [-0.4, -0.2) is 39.8 Å². The van der Waals surface area contributed by atoms with Crippen molar-refractivity contribution in [3.8, 4) is 11.3 Å². The van der Waals surface area contributed by atoms with Crippen LogP contribution >= 0.6 is 15.9 Å². The third kappa shape index (κ3) is 5.69. The highest BCUT2D eigenvalue weighted by Crippen LogP contribution is 2.35. The molecule has 4 rings (SSSR count). The number of aliphatic hydroxyl groups is 1. The smallest absolute Gasteiger partial charge is 0.254 e.